The molecule has 1 atom stereocenters. The number of alkyl carbamates (subject to hydrolysis) is 1. The first-order valence-corrected chi connectivity index (χ1v) is 7.02. The number of carboxylic acids is 1. The van der Waals surface area contributed by atoms with Gasteiger partial charge < -0.3 is 15.2 Å². The number of nitrogens with zero attached hydrogens (tertiary/aromatic N) is 2. The van der Waals surface area contributed by atoms with E-state index < -0.39 is 23.2 Å². The van der Waals surface area contributed by atoms with Gasteiger partial charge in [0.15, 0.2) is 5.54 Å². The average molecular weight is 395 g/mol. The smallest absolute Gasteiger partial charge is 0.408 e. The van der Waals surface area contributed by atoms with Crippen LogP contribution in [0.1, 0.15) is 27.7 Å². The predicted molar refractivity (Wildman–Crippen MR) is 80.4 cm³/mol. The van der Waals surface area contributed by atoms with Gasteiger partial charge in [0.2, 0.25) is 0 Å². The van der Waals surface area contributed by atoms with Gasteiger partial charge >= 0.3 is 12.1 Å². The lowest BCUT2D eigenvalue weighted by Crippen LogP contribution is -2.56. The number of carbonyl (C=O) groups is 2. The van der Waals surface area contributed by atoms with Gasteiger partial charge in [-0.2, -0.15) is 5.10 Å². The Morgan fingerprint density at radius 2 is 2.05 bits per heavy atom. The fourth-order valence-corrected chi connectivity index (χ4v) is 1.88. The first kappa shape index (κ1) is 16.7. The number of rotatable bonds is 4. The summed E-state index contributed by atoms with van der Waals surface area (Å²) in [5.41, 5.74) is -2.19. The highest BCUT2D eigenvalue weighted by Gasteiger charge is 2.37. The van der Waals surface area contributed by atoms with E-state index in [0.717, 1.165) is 3.57 Å². The molecule has 0 aliphatic heterocycles. The van der Waals surface area contributed by atoms with Crippen LogP contribution in [0.5, 0.6) is 0 Å². The molecule has 1 rings (SSSR count). The van der Waals surface area contributed by atoms with E-state index in [0.29, 0.717) is 0 Å². The van der Waals surface area contributed by atoms with Gasteiger partial charge in [0, 0.05) is 6.20 Å². The summed E-state index contributed by atoms with van der Waals surface area (Å²) in [6.07, 6.45) is 2.53. The molecule has 1 amide bonds. The summed E-state index contributed by atoms with van der Waals surface area (Å²) in [6, 6.07) is 0. The molecule has 1 unspecified atom stereocenters. The number of aliphatic carboxylic acids is 1. The van der Waals surface area contributed by atoms with Crippen molar-refractivity contribution in [2.45, 2.75) is 45.4 Å². The van der Waals surface area contributed by atoms with Crippen LogP contribution in [0, 0.1) is 3.57 Å². The molecule has 1 aromatic heterocycles. The van der Waals surface area contributed by atoms with Crippen molar-refractivity contribution in [3.05, 3.63) is 16.0 Å². The summed E-state index contributed by atoms with van der Waals surface area (Å²) in [4.78, 5) is 23.2. The highest BCUT2D eigenvalue weighted by Crippen LogP contribution is 2.13. The summed E-state index contributed by atoms with van der Waals surface area (Å²) in [5.74, 6) is -1.16. The second-order valence-corrected chi connectivity index (χ2v) is 6.87. The third-order valence-electron chi connectivity index (χ3n) is 2.33. The van der Waals surface area contributed by atoms with Crippen molar-refractivity contribution < 1.29 is 19.4 Å². The Bertz CT molecular complexity index is 509. The summed E-state index contributed by atoms with van der Waals surface area (Å²) in [5, 5.41) is 15.7. The van der Waals surface area contributed by atoms with Crippen LogP contribution >= 0.6 is 22.6 Å². The van der Waals surface area contributed by atoms with Gasteiger partial charge in [-0.1, -0.05) is 0 Å². The number of nitrogens with one attached hydrogen (secondary N) is 1. The standard InChI is InChI=1S/C12H18IN3O4/c1-11(2,3)20-10(19)15-12(4,9(17)18)7-16-6-8(13)5-14-16/h5-6H,7H2,1-4H3,(H,15,19)(H,17,18). The van der Waals surface area contributed by atoms with Gasteiger partial charge in [0.05, 0.1) is 16.3 Å². The van der Waals surface area contributed by atoms with Gasteiger partial charge in [-0.15, -0.1) is 0 Å². The fraction of sp³-hybridized carbons (Fsp3) is 0.583. The Kier molecular flexibility index (Phi) is 5.00. The molecule has 0 bridgehead atoms. The Hall–Kier alpha value is -1.32. The van der Waals surface area contributed by atoms with Crippen LogP contribution in [0.3, 0.4) is 0 Å². The Labute approximate surface area is 130 Å². The molecule has 2 N–H and O–H groups in total. The van der Waals surface area contributed by atoms with Crippen molar-refractivity contribution in [3.63, 3.8) is 0 Å². The SMILES string of the molecule is CC(C)(C)OC(=O)NC(C)(Cn1cc(I)cn1)C(=O)O. The molecule has 1 heterocycles. The van der Waals surface area contributed by atoms with Crippen LogP contribution in [0.4, 0.5) is 4.79 Å². The molecular weight excluding hydrogens is 377 g/mol. The maximum absolute atomic E-state index is 11.7. The van der Waals surface area contributed by atoms with Gasteiger partial charge in [0.25, 0.3) is 0 Å². The molecule has 8 heteroatoms. The minimum atomic E-state index is -1.50. The van der Waals surface area contributed by atoms with E-state index in [1.165, 1.54) is 11.6 Å². The highest BCUT2D eigenvalue weighted by molar-refractivity contribution is 14.1. The second kappa shape index (κ2) is 5.98. The first-order chi connectivity index (χ1) is 9.02. The second-order valence-electron chi connectivity index (χ2n) is 5.62. The normalized spacial score (nSPS) is 14.4. The first-order valence-electron chi connectivity index (χ1n) is 5.94. The van der Waals surface area contributed by atoms with Crippen molar-refractivity contribution in [1.82, 2.24) is 15.1 Å². The molecule has 0 aliphatic carbocycles. The summed E-state index contributed by atoms with van der Waals surface area (Å²) >= 11 is 2.07. The monoisotopic (exact) mass is 395 g/mol. The minimum absolute atomic E-state index is 0.00454. The Morgan fingerprint density at radius 1 is 1.45 bits per heavy atom. The molecule has 0 radical (unpaired) electrons. The summed E-state index contributed by atoms with van der Waals surface area (Å²) < 4.78 is 7.43. The number of hydrogen-bond donors (Lipinski definition) is 2. The molecule has 0 saturated heterocycles. The lowest BCUT2D eigenvalue weighted by molar-refractivity contribution is -0.144. The number of hydrogen-bond acceptors (Lipinski definition) is 4. The van der Waals surface area contributed by atoms with Crippen molar-refractivity contribution in [2.24, 2.45) is 0 Å². The predicted octanol–water partition coefficient (Wildman–Crippen LogP) is 1.86. The zero-order valence-electron chi connectivity index (χ0n) is 11.8. The number of amides is 1. The number of carboxylic acid groups (broad SMARTS) is 1. The molecule has 0 spiro atoms. The number of aromatic nitrogens is 2. The maximum atomic E-state index is 11.7. The number of halogens is 1. The van der Waals surface area contributed by atoms with Crippen LogP contribution in [0.25, 0.3) is 0 Å². The van der Waals surface area contributed by atoms with Gasteiger partial charge in [0.1, 0.15) is 5.60 Å². The Balaban J connectivity index is 2.82. The molecule has 7 nitrogen and oxygen atoms in total. The topological polar surface area (TPSA) is 93.5 Å². The number of carbonyl (C=O) groups excluding carboxylic acids is 1. The lowest BCUT2D eigenvalue weighted by Gasteiger charge is -2.28. The quantitative estimate of drug-likeness (QED) is 0.760. The van der Waals surface area contributed by atoms with Crippen LogP contribution in [-0.4, -0.2) is 38.1 Å². The zero-order chi connectivity index (χ0) is 15.6. The molecule has 0 aliphatic rings. The zero-order valence-corrected chi connectivity index (χ0v) is 14.0. The van der Waals surface area contributed by atoms with Crippen molar-refractivity contribution >= 4 is 34.7 Å². The molecule has 112 valence electrons. The highest BCUT2D eigenvalue weighted by atomic mass is 127. The maximum Gasteiger partial charge on any atom is 0.408 e. The van der Waals surface area contributed by atoms with Crippen molar-refractivity contribution in [2.75, 3.05) is 0 Å². The van der Waals surface area contributed by atoms with E-state index in [1.807, 2.05) is 0 Å². The third-order valence-corrected chi connectivity index (χ3v) is 2.89. The van der Waals surface area contributed by atoms with E-state index in [-0.39, 0.29) is 6.54 Å². The van der Waals surface area contributed by atoms with E-state index in [4.69, 9.17) is 4.74 Å². The third kappa shape index (κ3) is 4.99. The molecule has 20 heavy (non-hydrogen) atoms. The van der Waals surface area contributed by atoms with Gasteiger partial charge in [-0.05, 0) is 50.3 Å². The largest absolute Gasteiger partial charge is 0.479 e. The number of ether oxygens (including phenoxy) is 1. The molecule has 0 fully saturated rings. The summed E-state index contributed by atoms with van der Waals surface area (Å²) in [6.45, 7) is 6.54. The average Bonchev–Trinajstić information content (AvgIpc) is 2.59. The minimum Gasteiger partial charge on any atom is -0.479 e. The van der Waals surface area contributed by atoms with Crippen molar-refractivity contribution in [1.29, 1.82) is 0 Å². The van der Waals surface area contributed by atoms with E-state index in [1.54, 1.807) is 33.2 Å². The van der Waals surface area contributed by atoms with Gasteiger partial charge in [-0.25, -0.2) is 9.59 Å². The Morgan fingerprint density at radius 3 is 2.45 bits per heavy atom. The van der Waals surface area contributed by atoms with Crippen LogP contribution in [0.2, 0.25) is 0 Å². The van der Waals surface area contributed by atoms with Crippen molar-refractivity contribution in [3.8, 4) is 0 Å². The van der Waals surface area contributed by atoms with E-state index in [9.17, 15) is 14.7 Å². The molecular formula is C12H18IN3O4. The van der Waals surface area contributed by atoms with Gasteiger partial charge in [-0.3, -0.25) is 4.68 Å². The lowest BCUT2D eigenvalue weighted by atomic mass is 10.0. The van der Waals surface area contributed by atoms with Crippen LogP contribution in [0.15, 0.2) is 12.4 Å². The fourth-order valence-electron chi connectivity index (χ4n) is 1.44. The van der Waals surface area contributed by atoms with Crippen LogP contribution in [-0.2, 0) is 16.1 Å². The van der Waals surface area contributed by atoms with E-state index >= 15 is 0 Å². The molecule has 0 saturated carbocycles. The van der Waals surface area contributed by atoms with E-state index in [2.05, 4.69) is 33.0 Å². The van der Waals surface area contributed by atoms with Crippen LogP contribution < -0.4 is 5.32 Å². The molecule has 0 aromatic carbocycles. The molecule has 1 aromatic rings. The summed E-state index contributed by atoms with van der Waals surface area (Å²) in [7, 11) is 0.